The van der Waals surface area contributed by atoms with Crippen molar-refractivity contribution in [3.63, 3.8) is 0 Å². The Morgan fingerprint density at radius 1 is 1.35 bits per heavy atom. The topological polar surface area (TPSA) is 68.4 Å². The molecular weight excluding hydrogens is 216 g/mol. The number of rotatable bonds is 8. The molecule has 96 valence electrons. The van der Waals surface area contributed by atoms with E-state index in [0.29, 0.717) is 6.61 Å². The van der Waals surface area contributed by atoms with Crippen LogP contribution in [0.1, 0.15) is 44.3 Å². The molecule has 1 heterocycles. The number of aromatic nitrogens is 1. The minimum Gasteiger partial charge on any atom is -0.492 e. The molecule has 0 aromatic carbocycles. The fourth-order valence-corrected chi connectivity index (χ4v) is 1.49. The largest absolute Gasteiger partial charge is 0.492 e. The van der Waals surface area contributed by atoms with Gasteiger partial charge in [-0.05, 0) is 37.8 Å². The Balaban J connectivity index is 2.30. The molecular formula is C13H22N2O2. The van der Waals surface area contributed by atoms with Gasteiger partial charge in [-0.2, -0.15) is 0 Å². The Bertz CT molecular complexity index is 301. The highest BCUT2D eigenvalue weighted by atomic mass is 16.5. The third-order valence-electron chi connectivity index (χ3n) is 2.65. The van der Waals surface area contributed by atoms with Crippen LogP contribution in [-0.2, 0) is 0 Å². The number of pyridine rings is 1. The van der Waals surface area contributed by atoms with Crippen molar-refractivity contribution in [2.45, 2.75) is 38.6 Å². The fraction of sp³-hybridized carbons (Fsp3) is 0.615. The summed E-state index contributed by atoms with van der Waals surface area (Å²) in [5.74, 6) is 0.779. The summed E-state index contributed by atoms with van der Waals surface area (Å²) in [6.45, 7) is 2.96. The Hall–Kier alpha value is -1.13. The van der Waals surface area contributed by atoms with Crippen molar-refractivity contribution >= 4 is 0 Å². The van der Waals surface area contributed by atoms with E-state index in [1.54, 1.807) is 6.20 Å². The van der Waals surface area contributed by atoms with E-state index in [4.69, 9.17) is 15.6 Å². The summed E-state index contributed by atoms with van der Waals surface area (Å²) < 4.78 is 5.54. The van der Waals surface area contributed by atoms with Gasteiger partial charge in [-0.15, -0.1) is 0 Å². The van der Waals surface area contributed by atoms with Crippen molar-refractivity contribution in [3.05, 3.63) is 24.0 Å². The van der Waals surface area contributed by atoms with Gasteiger partial charge in [0.05, 0.1) is 18.5 Å². The first-order chi connectivity index (χ1) is 8.27. The Morgan fingerprint density at radius 3 is 2.76 bits per heavy atom. The molecule has 0 unspecified atom stereocenters. The lowest BCUT2D eigenvalue weighted by molar-refractivity contribution is 0.265. The molecule has 1 aromatic rings. The first-order valence-corrected chi connectivity index (χ1v) is 6.23. The van der Waals surface area contributed by atoms with Gasteiger partial charge >= 0.3 is 0 Å². The van der Waals surface area contributed by atoms with Gasteiger partial charge in [-0.1, -0.05) is 6.92 Å². The number of unbranched alkanes of at least 4 members (excludes halogenated alkanes) is 2. The lowest BCUT2D eigenvalue weighted by Gasteiger charge is -2.09. The molecule has 0 saturated carbocycles. The highest BCUT2D eigenvalue weighted by Crippen LogP contribution is 2.15. The van der Waals surface area contributed by atoms with E-state index in [9.17, 15) is 0 Å². The molecule has 0 spiro atoms. The Labute approximate surface area is 103 Å². The van der Waals surface area contributed by atoms with Gasteiger partial charge in [-0.3, -0.25) is 4.98 Å². The molecule has 17 heavy (non-hydrogen) atoms. The maximum Gasteiger partial charge on any atom is 0.137 e. The van der Waals surface area contributed by atoms with Crippen LogP contribution in [0.25, 0.3) is 0 Å². The second-order valence-electron chi connectivity index (χ2n) is 4.07. The summed E-state index contributed by atoms with van der Waals surface area (Å²) in [6.07, 6.45) is 5.39. The summed E-state index contributed by atoms with van der Waals surface area (Å²) in [6, 6.07) is 3.83. The zero-order valence-corrected chi connectivity index (χ0v) is 10.4. The van der Waals surface area contributed by atoms with E-state index in [1.807, 2.05) is 19.1 Å². The second-order valence-corrected chi connectivity index (χ2v) is 4.07. The molecule has 0 aliphatic rings. The first kappa shape index (κ1) is 13.9. The predicted molar refractivity (Wildman–Crippen MR) is 67.9 cm³/mol. The highest BCUT2D eigenvalue weighted by Gasteiger charge is 2.04. The second kappa shape index (κ2) is 8.03. The summed E-state index contributed by atoms with van der Waals surface area (Å²) in [4.78, 5) is 4.27. The molecule has 0 radical (unpaired) electrons. The van der Waals surface area contributed by atoms with Gasteiger partial charge in [0.1, 0.15) is 5.75 Å². The minimum absolute atomic E-state index is 0.00797. The van der Waals surface area contributed by atoms with E-state index < -0.39 is 0 Å². The molecule has 1 rings (SSSR count). The van der Waals surface area contributed by atoms with E-state index in [2.05, 4.69) is 4.98 Å². The highest BCUT2D eigenvalue weighted by molar-refractivity contribution is 5.21. The maximum atomic E-state index is 8.63. The summed E-state index contributed by atoms with van der Waals surface area (Å²) in [5.41, 5.74) is 6.78. The van der Waals surface area contributed by atoms with Crippen LogP contribution in [0.5, 0.6) is 5.75 Å². The quantitative estimate of drug-likeness (QED) is 0.680. The number of aliphatic hydroxyl groups excluding tert-OH is 1. The average molecular weight is 238 g/mol. The van der Waals surface area contributed by atoms with Crippen LogP contribution >= 0.6 is 0 Å². The molecule has 0 aliphatic heterocycles. The van der Waals surface area contributed by atoms with E-state index in [-0.39, 0.29) is 12.6 Å². The predicted octanol–water partition coefficient (Wildman–Crippen LogP) is 2.03. The van der Waals surface area contributed by atoms with Gasteiger partial charge in [0, 0.05) is 12.6 Å². The van der Waals surface area contributed by atoms with Crippen molar-refractivity contribution in [1.82, 2.24) is 4.98 Å². The normalized spacial score (nSPS) is 12.4. The number of nitrogens with two attached hydrogens (primary N) is 1. The molecule has 1 aromatic heterocycles. The first-order valence-electron chi connectivity index (χ1n) is 6.23. The van der Waals surface area contributed by atoms with Gasteiger partial charge in [0.25, 0.3) is 0 Å². The molecule has 3 N–H and O–H groups in total. The van der Waals surface area contributed by atoms with Crippen molar-refractivity contribution < 1.29 is 9.84 Å². The number of ether oxygens (including phenoxy) is 1. The van der Waals surface area contributed by atoms with Crippen LogP contribution in [0.4, 0.5) is 0 Å². The van der Waals surface area contributed by atoms with Gasteiger partial charge in [0.2, 0.25) is 0 Å². The van der Waals surface area contributed by atoms with E-state index in [0.717, 1.165) is 37.1 Å². The Morgan fingerprint density at radius 2 is 2.18 bits per heavy atom. The van der Waals surface area contributed by atoms with E-state index in [1.165, 1.54) is 0 Å². The van der Waals surface area contributed by atoms with Crippen molar-refractivity contribution in [2.24, 2.45) is 5.73 Å². The molecule has 0 aliphatic carbocycles. The van der Waals surface area contributed by atoms with Crippen LogP contribution in [0.15, 0.2) is 18.3 Å². The third kappa shape index (κ3) is 5.15. The lowest BCUT2D eigenvalue weighted by atomic mass is 10.1. The molecule has 0 bridgehead atoms. The third-order valence-corrected chi connectivity index (χ3v) is 2.65. The number of aliphatic hydroxyl groups is 1. The molecule has 1 atom stereocenters. The Kier molecular flexibility index (Phi) is 6.58. The lowest BCUT2D eigenvalue weighted by Crippen LogP contribution is -2.10. The molecule has 4 nitrogen and oxygen atoms in total. The van der Waals surface area contributed by atoms with E-state index >= 15 is 0 Å². The minimum atomic E-state index is 0.00797. The van der Waals surface area contributed by atoms with Crippen LogP contribution in [0.2, 0.25) is 0 Å². The van der Waals surface area contributed by atoms with Crippen molar-refractivity contribution in [2.75, 3.05) is 13.2 Å². The summed E-state index contributed by atoms with van der Waals surface area (Å²) in [7, 11) is 0. The monoisotopic (exact) mass is 238 g/mol. The zero-order valence-electron chi connectivity index (χ0n) is 10.4. The van der Waals surface area contributed by atoms with Crippen LogP contribution in [0, 0.1) is 0 Å². The molecule has 0 fully saturated rings. The van der Waals surface area contributed by atoms with Crippen LogP contribution < -0.4 is 10.5 Å². The van der Waals surface area contributed by atoms with Crippen LogP contribution in [-0.4, -0.2) is 23.3 Å². The summed E-state index contributed by atoms with van der Waals surface area (Å²) >= 11 is 0. The zero-order chi connectivity index (χ0) is 12.5. The summed E-state index contributed by atoms with van der Waals surface area (Å²) in [5, 5.41) is 8.63. The van der Waals surface area contributed by atoms with Crippen LogP contribution in [0.3, 0.4) is 0 Å². The number of hydrogen-bond donors (Lipinski definition) is 2. The number of nitrogens with zero attached hydrogens (tertiary/aromatic N) is 1. The van der Waals surface area contributed by atoms with Crippen molar-refractivity contribution in [1.29, 1.82) is 0 Å². The van der Waals surface area contributed by atoms with Gasteiger partial charge in [-0.25, -0.2) is 0 Å². The smallest absolute Gasteiger partial charge is 0.137 e. The standard InChI is InChI=1S/C13H22N2O2/c1-2-12(14)13-7-6-11(10-15-13)17-9-5-3-4-8-16/h6-7,10,12,16H,2-5,8-9,14H2,1H3/t12-/m0/s1. The van der Waals surface area contributed by atoms with Gasteiger partial charge in [0.15, 0.2) is 0 Å². The average Bonchev–Trinajstić information content (AvgIpc) is 2.38. The molecule has 0 amide bonds. The molecule has 0 saturated heterocycles. The SMILES string of the molecule is CC[C@H](N)c1ccc(OCCCCCO)cn1. The number of hydrogen-bond acceptors (Lipinski definition) is 4. The van der Waals surface area contributed by atoms with Crippen molar-refractivity contribution in [3.8, 4) is 5.75 Å². The van der Waals surface area contributed by atoms with Gasteiger partial charge < -0.3 is 15.6 Å². The fourth-order valence-electron chi connectivity index (χ4n) is 1.49. The maximum absolute atomic E-state index is 8.63. The molecule has 4 heteroatoms.